The first-order valence-corrected chi connectivity index (χ1v) is 9.21. The molecule has 0 radical (unpaired) electrons. The van der Waals surface area contributed by atoms with Crippen molar-refractivity contribution in [3.05, 3.63) is 82.0 Å². The van der Waals surface area contributed by atoms with Gasteiger partial charge in [-0.2, -0.15) is 14.9 Å². The topological polar surface area (TPSA) is 83.9 Å². The molecule has 0 atom stereocenters. The van der Waals surface area contributed by atoms with Crippen LogP contribution in [0.4, 0.5) is 4.39 Å². The van der Waals surface area contributed by atoms with Gasteiger partial charge in [-0.05, 0) is 54.5 Å². The van der Waals surface area contributed by atoms with Crippen molar-refractivity contribution in [1.82, 2.24) is 25.1 Å². The lowest BCUT2D eigenvalue weighted by Crippen LogP contribution is -2.03. The zero-order valence-corrected chi connectivity index (χ0v) is 16.3. The van der Waals surface area contributed by atoms with Gasteiger partial charge in [-0.3, -0.25) is 5.10 Å². The molecule has 0 unspecified atom stereocenters. The molecule has 0 amide bonds. The van der Waals surface area contributed by atoms with E-state index in [2.05, 4.69) is 25.5 Å². The Labute approximate surface area is 170 Å². The molecule has 0 bridgehead atoms. The van der Waals surface area contributed by atoms with Gasteiger partial charge in [0.2, 0.25) is 4.77 Å². The fraction of sp³-hybridized carbons (Fsp3) is 0.100. The molecule has 0 spiro atoms. The number of benzene rings is 2. The molecule has 0 aliphatic carbocycles. The summed E-state index contributed by atoms with van der Waals surface area (Å²) in [6, 6.07) is 14.3. The van der Waals surface area contributed by atoms with Crippen LogP contribution in [0.2, 0.25) is 0 Å². The molecule has 4 rings (SSSR count). The Balaban J connectivity index is 1.57. The van der Waals surface area contributed by atoms with Gasteiger partial charge in [0.05, 0.1) is 18.1 Å². The maximum absolute atomic E-state index is 13.2. The maximum atomic E-state index is 13.2. The predicted octanol–water partition coefficient (Wildman–Crippen LogP) is 4.24. The van der Waals surface area contributed by atoms with Crippen LogP contribution in [0.25, 0.3) is 11.3 Å². The minimum absolute atomic E-state index is 0.251. The Morgan fingerprint density at radius 1 is 1.17 bits per heavy atom. The molecule has 146 valence electrons. The van der Waals surface area contributed by atoms with Gasteiger partial charge in [0.1, 0.15) is 12.4 Å². The Hall–Kier alpha value is -3.59. The summed E-state index contributed by atoms with van der Waals surface area (Å²) in [4.78, 5) is 0. The van der Waals surface area contributed by atoms with Gasteiger partial charge in [0.25, 0.3) is 0 Å². The van der Waals surface area contributed by atoms with Crippen LogP contribution in [0.15, 0.2) is 59.8 Å². The lowest BCUT2D eigenvalue weighted by molar-refractivity contribution is 0.269. The van der Waals surface area contributed by atoms with Gasteiger partial charge in [0, 0.05) is 11.1 Å². The molecule has 2 heterocycles. The summed E-state index contributed by atoms with van der Waals surface area (Å²) < 4.78 is 20.7. The molecule has 4 aromatic rings. The quantitative estimate of drug-likeness (QED) is 0.369. The molecular formula is C20H17FN6OS. The van der Waals surface area contributed by atoms with Gasteiger partial charge in [-0.25, -0.2) is 9.49 Å². The van der Waals surface area contributed by atoms with E-state index >= 15 is 0 Å². The third-order valence-electron chi connectivity index (χ3n) is 4.35. The van der Waals surface area contributed by atoms with E-state index in [1.54, 1.807) is 24.5 Å². The number of nitrogens with one attached hydrogen (secondary N) is 2. The van der Waals surface area contributed by atoms with E-state index in [0.717, 1.165) is 16.7 Å². The van der Waals surface area contributed by atoms with Crippen molar-refractivity contribution < 1.29 is 9.13 Å². The third kappa shape index (κ3) is 4.14. The minimum atomic E-state index is -0.302. The number of nitrogens with zero attached hydrogens (tertiary/aromatic N) is 4. The number of aromatic amines is 2. The van der Waals surface area contributed by atoms with Crippen LogP contribution in [-0.4, -0.2) is 31.3 Å². The normalized spacial score (nSPS) is 11.2. The van der Waals surface area contributed by atoms with E-state index in [1.165, 1.54) is 16.8 Å². The summed E-state index contributed by atoms with van der Waals surface area (Å²) in [5, 5.41) is 18.1. The van der Waals surface area contributed by atoms with Crippen LogP contribution < -0.4 is 4.74 Å². The molecule has 0 saturated carbocycles. The fourth-order valence-electron chi connectivity index (χ4n) is 2.75. The second kappa shape index (κ2) is 8.19. The number of halogens is 1. The summed E-state index contributed by atoms with van der Waals surface area (Å²) in [5.74, 6) is -0.302. The predicted molar refractivity (Wildman–Crippen MR) is 110 cm³/mol. The molecule has 2 N–H and O–H groups in total. The second-order valence-electron chi connectivity index (χ2n) is 6.29. The summed E-state index contributed by atoms with van der Waals surface area (Å²) in [7, 11) is 0. The molecule has 0 fully saturated rings. The lowest BCUT2D eigenvalue weighted by Gasteiger charge is -2.07. The summed E-state index contributed by atoms with van der Waals surface area (Å²) in [6.45, 7) is 2.36. The van der Waals surface area contributed by atoms with Crippen LogP contribution in [0.3, 0.4) is 0 Å². The number of hydrogen-bond acceptors (Lipinski definition) is 5. The van der Waals surface area contributed by atoms with Gasteiger partial charge >= 0.3 is 6.01 Å². The molecule has 0 aliphatic heterocycles. The number of ether oxygens (including phenoxy) is 1. The average Bonchev–Trinajstić information content (AvgIpc) is 3.33. The van der Waals surface area contributed by atoms with E-state index in [-0.39, 0.29) is 11.8 Å². The lowest BCUT2D eigenvalue weighted by atomic mass is 10.1. The number of H-pyrrole nitrogens is 2. The maximum Gasteiger partial charge on any atom is 0.337 e. The van der Waals surface area contributed by atoms with Crippen LogP contribution >= 0.6 is 12.2 Å². The molecule has 0 saturated heterocycles. The first-order chi connectivity index (χ1) is 14.1. The standard InChI is InChI=1S/C20H17FN6OS/c1-13-4-2-3-5-15(13)12-28-19-25-26-20(29)27(19)23-11-16-10-22-24-18(16)14-6-8-17(21)9-7-14/h2-11H,12H2,1H3,(H,22,24)(H,26,29)/b23-11+. The number of rotatable bonds is 6. The largest absolute Gasteiger partial charge is 0.457 e. The number of aromatic nitrogens is 5. The molecular weight excluding hydrogens is 391 g/mol. The number of hydrogen-bond donors (Lipinski definition) is 2. The average molecular weight is 408 g/mol. The van der Waals surface area contributed by atoms with Crippen molar-refractivity contribution in [3.8, 4) is 17.3 Å². The highest BCUT2D eigenvalue weighted by molar-refractivity contribution is 7.71. The van der Waals surface area contributed by atoms with Crippen molar-refractivity contribution in [2.24, 2.45) is 5.10 Å². The Morgan fingerprint density at radius 2 is 1.97 bits per heavy atom. The smallest absolute Gasteiger partial charge is 0.337 e. The van der Waals surface area contributed by atoms with Crippen LogP contribution in [0.1, 0.15) is 16.7 Å². The Morgan fingerprint density at radius 3 is 2.76 bits per heavy atom. The summed E-state index contributed by atoms with van der Waals surface area (Å²) in [5.41, 5.74) is 4.39. The fourth-order valence-corrected chi connectivity index (χ4v) is 2.92. The van der Waals surface area contributed by atoms with Crippen molar-refractivity contribution in [3.63, 3.8) is 0 Å². The highest BCUT2D eigenvalue weighted by atomic mass is 32.1. The zero-order valence-electron chi connectivity index (χ0n) is 15.5. The zero-order chi connectivity index (χ0) is 20.2. The molecule has 29 heavy (non-hydrogen) atoms. The van der Waals surface area contributed by atoms with E-state index in [1.807, 2.05) is 31.2 Å². The molecule has 2 aromatic carbocycles. The van der Waals surface area contributed by atoms with E-state index in [0.29, 0.717) is 22.6 Å². The monoisotopic (exact) mass is 408 g/mol. The first-order valence-electron chi connectivity index (χ1n) is 8.80. The van der Waals surface area contributed by atoms with Crippen molar-refractivity contribution in [2.75, 3.05) is 0 Å². The molecule has 0 aliphatic rings. The highest BCUT2D eigenvalue weighted by Crippen LogP contribution is 2.20. The van der Waals surface area contributed by atoms with Crippen molar-refractivity contribution >= 4 is 18.4 Å². The Bertz CT molecular complexity index is 1210. The van der Waals surface area contributed by atoms with Crippen LogP contribution in [0.5, 0.6) is 6.01 Å². The first kappa shape index (κ1) is 18.8. The van der Waals surface area contributed by atoms with Crippen molar-refractivity contribution in [1.29, 1.82) is 0 Å². The summed E-state index contributed by atoms with van der Waals surface area (Å²) in [6.07, 6.45) is 3.22. The van der Waals surface area contributed by atoms with E-state index in [9.17, 15) is 4.39 Å². The minimum Gasteiger partial charge on any atom is -0.457 e. The van der Waals surface area contributed by atoms with Gasteiger partial charge in [-0.15, -0.1) is 5.10 Å². The van der Waals surface area contributed by atoms with Crippen LogP contribution in [0, 0.1) is 17.5 Å². The summed E-state index contributed by atoms with van der Waals surface area (Å²) >= 11 is 5.25. The third-order valence-corrected chi connectivity index (χ3v) is 4.62. The van der Waals surface area contributed by atoms with E-state index in [4.69, 9.17) is 17.0 Å². The highest BCUT2D eigenvalue weighted by Gasteiger charge is 2.10. The molecule has 9 heteroatoms. The Kier molecular flexibility index (Phi) is 5.30. The van der Waals surface area contributed by atoms with Gasteiger partial charge in [-0.1, -0.05) is 24.3 Å². The van der Waals surface area contributed by atoms with Crippen LogP contribution in [-0.2, 0) is 6.61 Å². The van der Waals surface area contributed by atoms with Crippen molar-refractivity contribution in [2.45, 2.75) is 13.5 Å². The van der Waals surface area contributed by atoms with Gasteiger partial charge in [0.15, 0.2) is 0 Å². The van der Waals surface area contributed by atoms with Gasteiger partial charge < -0.3 is 4.74 Å². The number of aryl methyl sites for hydroxylation is 1. The van der Waals surface area contributed by atoms with E-state index < -0.39 is 0 Å². The molecule has 2 aromatic heterocycles. The molecule has 7 nitrogen and oxygen atoms in total. The second-order valence-corrected chi connectivity index (χ2v) is 6.68. The SMILES string of the molecule is Cc1ccccc1COc1n[nH]c(=S)n1/N=C/c1cn[nH]c1-c1ccc(F)cc1.